The zero-order valence-corrected chi connectivity index (χ0v) is 7.97. The molecule has 0 amide bonds. The number of hydrogen-bond donors (Lipinski definition) is 1. The molecule has 0 bridgehead atoms. The van der Waals surface area contributed by atoms with Crippen LogP contribution in [0, 0.1) is 18.3 Å². The van der Waals surface area contributed by atoms with Crippen molar-refractivity contribution in [1.82, 2.24) is 9.97 Å². The van der Waals surface area contributed by atoms with Gasteiger partial charge in [-0.3, -0.25) is 0 Å². The molecule has 0 atom stereocenters. The molecule has 4 nitrogen and oxygen atoms in total. The smallest absolute Gasteiger partial charge is 0.134 e. The van der Waals surface area contributed by atoms with Crippen LogP contribution in [-0.4, -0.2) is 16.5 Å². The van der Waals surface area contributed by atoms with Crippen LogP contribution in [0.2, 0.25) is 5.15 Å². The van der Waals surface area contributed by atoms with Gasteiger partial charge in [-0.25, -0.2) is 9.97 Å². The third-order valence-corrected chi connectivity index (χ3v) is 1.54. The van der Waals surface area contributed by atoms with Gasteiger partial charge in [-0.15, -0.1) is 0 Å². The number of nitrogens with zero attached hydrogens (tertiary/aromatic N) is 3. The molecule has 0 aromatic carbocycles. The molecule has 5 heteroatoms. The lowest BCUT2D eigenvalue weighted by Crippen LogP contribution is -2.03. The van der Waals surface area contributed by atoms with Gasteiger partial charge < -0.3 is 5.32 Å². The highest BCUT2D eigenvalue weighted by molar-refractivity contribution is 6.29. The summed E-state index contributed by atoms with van der Waals surface area (Å²) in [6.07, 6.45) is 0.445. The number of aromatic nitrogens is 2. The molecule has 0 saturated carbocycles. The van der Waals surface area contributed by atoms with Crippen LogP contribution < -0.4 is 5.32 Å². The SMILES string of the molecule is Cc1nc(Cl)cc(NCCC#N)n1. The van der Waals surface area contributed by atoms with Gasteiger partial charge >= 0.3 is 0 Å². The highest BCUT2D eigenvalue weighted by Crippen LogP contribution is 2.10. The van der Waals surface area contributed by atoms with Crippen LogP contribution >= 0.6 is 11.6 Å². The highest BCUT2D eigenvalue weighted by Gasteiger charge is 1.97. The molecule has 0 aliphatic heterocycles. The fraction of sp³-hybridized carbons (Fsp3) is 0.375. The molecule has 1 aromatic rings. The number of aryl methyl sites for hydroxylation is 1. The number of hydrogen-bond acceptors (Lipinski definition) is 4. The summed E-state index contributed by atoms with van der Waals surface area (Å²) in [5.41, 5.74) is 0. The van der Waals surface area contributed by atoms with Crippen molar-refractivity contribution in [1.29, 1.82) is 5.26 Å². The molecular weight excluding hydrogens is 188 g/mol. The summed E-state index contributed by atoms with van der Waals surface area (Å²) in [5.74, 6) is 1.28. The molecule has 68 valence electrons. The highest BCUT2D eigenvalue weighted by atomic mass is 35.5. The Morgan fingerprint density at radius 1 is 1.62 bits per heavy atom. The molecule has 0 fully saturated rings. The third kappa shape index (κ3) is 3.26. The van der Waals surface area contributed by atoms with E-state index in [2.05, 4.69) is 15.3 Å². The van der Waals surface area contributed by atoms with Crippen LogP contribution in [0.3, 0.4) is 0 Å². The molecule has 0 radical (unpaired) electrons. The minimum absolute atomic E-state index is 0.409. The van der Waals surface area contributed by atoms with E-state index in [1.165, 1.54) is 0 Å². The van der Waals surface area contributed by atoms with E-state index in [-0.39, 0.29) is 0 Å². The van der Waals surface area contributed by atoms with Gasteiger partial charge in [-0.05, 0) is 6.92 Å². The lowest BCUT2D eigenvalue weighted by molar-refractivity contribution is 1.01. The zero-order chi connectivity index (χ0) is 9.68. The van der Waals surface area contributed by atoms with Crippen molar-refractivity contribution < 1.29 is 0 Å². The number of anilines is 1. The summed E-state index contributed by atoms with van der Waals surface area (Å²) < 4.78 is 0. The van der Waals surface area contributed by atoms with Gasteiger partial charge in [0, 0.05) is 12.6 Å². The summed E-state index contributed by atoms with van der Waals surface area (Å²) in [5, 5.41) is 11.7. The predicted octanol–water partition coefficient (Wildman–Crippen LogP) is 1.76. The quantitative estimate of drug-likeness (QED) is 0.591. The number of nitriles is 1. The first-order chi connectivity index (χ1) is 6.22. The summed E-state index contributed by atoms with van der Waals surface area (Å²) in [7, 11) is 0. The van der Waals surface area contributed by atoms with E-state index in [1.807, 2.05) is 6.07 Å². The van der Waals surface area contributed by atoms with Crippen LogP contribution in [0.4, 0.5) is 5.82 Å². The lowest BCUT2D eigenvalue weighted by atomic mass is 10.4. The van der Waals surface area contributed by atoms with Crippen LogP contribution in [0.1, 0.15) is 12.2 Å². The maximum atomic E-state index is 8.30. The monoisotopic (exact) mass is 196 g/mol. The minimum Gasteiger partial charge on any atom is -0.369 e. The summed E-state index contributed by atoms with van der Waals surface area (Å²) in [4.78, 5) is 8.00. The van der Waals surface area contributed by atoms with Crippen LogP contribution in [0.5, 0.6) is 0 Å². The molecule has 0 saturated heterocycles. The number of halogens is 1. The maximum Gasteiger partial charge on any atom is 0.134 e. The van der Waals surface area contributed by atoms with Gasteiger partial charge in [0.05, 0.1) is 12.5 Å². The summed E-state index contributed by atoms with van der Waals surface area (Å²) in [6.45, 7) is 2.34. The first-order valence-electron chi connectivity index (χ1n) is 3.84. The second kappa shape index (κ2) is 4.63. The van der Waals surface area contributed by atoms with E-state index in [0.717, 1.165) is 0 Å². The molecule has 1 rings (SSSR count). The molecule has 1 heterocycles. The van der Waals surface area contributed by atoms with Gasteiger partial charge in [-0.1, -0.05) is 11.6 Å². The maximum absolute atomic E-state index is 8.30. The summed E-state index contributed by atoms with van der Waals surface area (Å²) in [6, 6.07) is 3.66. The topological polar surface area (TPSA) is 61.6 Å². The Hall–Kier alpha value is -1.34. The first kappa shape index (κ1) is 9.75. The van der Waals surface area contributed by atoms with Crippen molar-refractivity contribution in [3.8, 4) is 6.07 Å². The van der Waals surface area contributed by atoms with Crippen molar-refractivity contribution in [2.75, 3.05) is 11.9 Å². The van der Waals surface area contributed by atoms with E-state index >= 15 is 0 Å². The van der Waals surface area contributed by atoms with Crippen LogP contribution in [0.15, 0.2) is 6.07 Å². The molecule has 0 aliphatic carbocycles. The number of rotatable bonds is 3. The fourth-order valence-corrected chi connectivity index (χ4v) is 1.09. The van der Waals surface area contributed by atoms with E-state index in [1.54, 1.807) is 13.0 Å². The Labute approximate surface area is 81.6 Å². The number of nitrogens with one attached hydrogen (secondary N) is 1. The van der Waals surface area contributed by atoms with Crippen LogP contribution in [-0.2, 0) is 0 Å². The van der Waals surface area contributed by atoms with Crippen molar-refractivity contribution in [2.24, 2.45) is 0 Å². The Balaban J connectivity index is 2.62. The fourth-order valence-electron chi connectivity index (χ4n) is 0.868. The van der Waals surface area contributed by atoms with Gasteiger partial charge in [-0.2, -0.15) is 5.26 Å². The molecule has 1 N–H and O–H groups in total. The van der Waals surface area contributed by atoms with E-state index in [0.29, 0.717) is 29.8 Å². The van der Waals surface area contributed by atoms with Crippen molar-refractivity contribution in [3.63, 3.8) is 0 Å². The van der Waals surface area contributed by atoms with Gasteiger partial charge in [0.15, 0.2) is 0 Å². The Morgan fingerprint density at radius 3 is 3.00 bits per heavy atom. The average molecular weight is 197 g/mol. The predicted molar refractivity (Wildman–Crippen MR) is 50.5 cm³/mol. The van der Waals surface area contributed by atoms with E-state index in [9.17, 15) is 0 Å². The first-order valence-corrected chi connectivity index (χ1v) is 4.22. The average Bonchev–Trinajstić information content (AvgIpc) is 2.03. The van der Waals surface area contributed by atoms with E-state index in [4.69, 9.17) is 16.9 Å². The van der Waals surface area contributed by atoms with Crippen molar-refractivity contribution in [3.05, 3.63) is 17.0 Å². The molecule has 13 heavy (non-hydrogen) atoms. The van der Waals surface area contributed by atoms with E-state index < -0.39 is 0 Å². The standard InChI is InChI=1S/C8H9ClN4/c1-6-12-7(9)5-8(13-6)11-4-2-3-10/h5H,2,4H2,1H3,(H,11,12,13). The normalized spacial score (nSPS) is 9.31. The molecular formula is C8H9ClN4. The lowest BCUT2D eigenvalue weighted by Gasteiger charge is -2.03. The molecule has 0 spiro atoms. The Bertz CT molecular complexity index is 311. The third-order valence-electron chi connectivity index (χ3n) is 1.35. The van der Waals surface area contributed by atoms with Crippen molar-refractivity contribution in [2.45, 2.75) is 13.3 Å². The Kier molecular flexibility index (Phi) is 3.47. The minimum atomic E-state index is 0.409. The van der Waals surface area contributed by atoms with Gasteiger partial charge in [0.1, 0.15) is 16.8 Å². The molecule has 0 aliphatic rings. The second-order valence-corrected chi connectivity index (χ2v) is 2.85. The van der Waals surface area contributed by atoms with Gasteiger partial charge in [0.2, 0.25) is 0 Å². The second-order valence-electron chi connectivity index (χ2n) is 2.46. The summed E-state index contributed by atoms with van der Waals surface area (Å²) >= 11 is 5.71. The van der Waals surface area contributed by atoms with Gasteiger partial charge in [0.25, 0.3) is 0 Å². The molecule has 1 aromatic heterocycles. The molecule has 0 unspecified atom stereocenters. The van der Waals surface area contributed by atoms with Crippen LogP contribution in [0.25, 0.3) is 0 Å². The zero-order valence-electron chi connectivity index (χ0n) is 7.21. The Morgan fingerprint density at radius 2 is 2.38 bits per heavy atom. The van der Waals surface area contributed by atoms with Crippen molar-refractivity contribution >= 4 is 17.4 Å². The largest absolute Gasteiger partial charge is 0.369 e.